The third kappa shape index (κ3) is 4.56. The summed E-state index contributed by atoms with van der Waals surface area (Å²) in [6.07, 6.45) is 6.96. The van der Waals surface area contributed by atoms with Crippen LogP contribution in [0, 0.1) is 6.92 Å². The van der Waals surface area contributed by atoms with Gasteiger partial charge in [0.05, 0.1) is 23.2 Å². The lowest BCUT2D eigenvalue weighted by atomic mass is 10.2. The van der Waals surface area contributed by atoms with Gasteiger partial charge in [-0.25, -0.2) is 0 Å². The predicted octanol–water partition coefficient (Wildman–Crippen LogP) is 5.26. The van der Waals surface area contributed by atoms with Crippen LogP contribution in [0.1, 0.15) is 39.3 Å². The molecule has 2 N–H and O–H groups in total. The molecule has 172 valence electrons. The molecule has 0 bridgehead atoms. The minimum absolute atomic E-state index is 0.0380. The molecule has 4 aromatic rings. The highest BCUT2D eigenvalue weighted by Crippen LogP contribution is 2.28. The fourth-order valence-corrected chi connectivity index (χ4v) is 3.96. The second kappa shape index (κ2) is 9.27. The van der Waals surface area contributed by atoms with Crippen LogP contribution in [0.5, 0.6) is 11.5 Å². The number of nitrogens with one attached hydrogen (secondary N) is 2. The molecule has 0 saturated carbocycles. The van der Waals surface area contributed by atoms with E-state index in [9.17, 15) is 9.59 Å². The van der Waals surface area contributed by atoms with Gasteiger partial charge in [0.2, 0.25) is 0 Å². The van der Waals surface area contributed by atoms with Gasteiger partial charge < -0.3 is 24.4 Å². The Balaban J connectivity index is 1.29. The molecular formula is C26H24N4O4. The van der Waals surface area contributed by atoms with E-state index in [0.29, 0.717) is 28.4 Å². The highest BCUT2D eigenvalue weighted by atomic mass is 16.5. The van der Waals surface area contributed by atoms with Crippen molar-refractivity contribution >= 4 is 17.5 Å². The van der Waals surface area contributed by atoms with Crippen LogP contribution in [0.4, 0.5) is 5.69 Å². The maximum atomic E-state index is 12.6. The molecule has 0 aliphatic carbocycles. The van der Waals surface area contributed by atoms with Crippen LogP contribution in [-0.4, -0.2) is 39.8 Å². The number of ether oxygens (including phenoxy) is 1. The molecule has 1 fully saturated rings. The smallest absolute Gasteiger partial charge is 0.291 e. The molecule has 5 rings (SSSR count). The fraction of sp³-hybridized carbons (Fsp3) is 0.192. The van der Waals surface area contributed by atoms with Gasteiger partial charge >= 0.3 is 0 Å². The number of pyridine rings is 1. The standard InChI is InChI=1S/C26H24N4O4/c1-17-8-12-33-24(17)25(31)29-19-5-4-6-20(14-19)34-21-7-9-27-23(15-21)22-13-18(16-28-22)26(32)30-10-2-3-11-30/h4-9,12-16,28H,2-3,10-11H2,1H3,(H,29,31). The summed E-state index contributed by atoms with van der Waals surface area (Å²) in [5.74, 6) is 1.13. The van der Waals surface area contributed by atoms with Crippen molar-refractivity contribution in [2.45, 2.75) is 19.8 Å². The summed E-state index contributed by atoms with van der Waals surface area (Å²) in [6, 6.07) is 14.2. The molecule has 34 heavy (non-hydrogen) atoms. The number of furan rings is 1. The first-order chi connectivity index (χ1) is 16.6. The number of carbonyl (C=O) groups excluding carboxylic acids is 2. The van der Waals surface area contributed by atoms with Gasteiger partial charge in [0.15, 0.2) is 5.76 Å². The van der Waals surface area contributed by atoms with Gasteiger partial charge in [0.25, 0.3) is 11.8 Å². The molecule has 8 heteroatoms. The molecule has 0 spiro atoms. The fourth-order valence-electron chi connectivity index (χ4n) is 3.96. The van der Waals surface area contributed by atoms with Crippen molar-refractivity contribution in [1.82, 2.24) is 14.9 Å². The number of nitrogens with zero attached hydrogens (tertiary/aromatic N) is 2. The second-order valence-corrected chi connectivity index (χ2v) is 8.19. The molecule has 0 unspecified atom stereocenters. The Labute approximate surface area is 196 Å². The summed E-state index contributed by atoms with van der Waals surface area (Å²) >= 11 is 0. The Bertz CT molecular complexity index is 1330. The minimum atomic E-state index is -0.322. The number of hydrogen-bond acceptors (Lipinski definition) is 5. The van der Waals surface area contributed by atoms with E-state index in [0.717, 1.165) is 37.2 Å². The van der Waals surface area contributed by atoms with E-state index in [1.165, 1.54) is 6.26 Å². The average Bonchev–Trinajstić information content (AvgIpc) is 3.61. The van der Waals surface area contributed by atoms with Crippen LogP contribution in [0.25, 0.3) is 11.4 Å². The number of aromatic amines is 1. The predicted molar refractivity (Wildman–Crippen MR) is 127 cm³/mol. The number of benzene rings is 1. The summed E-state index contributed by atoms with van der Waals surface area (Å²) in [7, 11) is 0. The second-order valence-electron chi connectivity index (χ2n) is 8.19. The number of likely N-dealkylation sites (tertiary alicyclic amines) is 1. The van der Waals surface area contributed by atoms with Crippen molar-refractivity contribution in [3.8, 4) is 22.9 Å². The van der Waals surface area contributed by atoms with E-state index < -0.39 is 0 Å². The minimum Gasteiger partial charge on any atom is -0.459 e. The molecule has 0 radical (unpaired) electrons. The molecule has 1 saturated heterocycles. The van der Waals surface area contributed by atoms with Crippen molar-refractivity contribution in [3.63, 3.8) is 0 Å². The molecule has 4 heterocycles. The van der Waals surface area contributed by atoms with Gasteiger partial charge in [-0.3, -0.25) is 14.6 Å². The van der Waals surface area contributed by atoms with Crippen LogP contribution in [0.15, 0.2) is 71.6 Å². The zero-order valence-electron chi connectivity index (χ0n) is 18.7. The zero-order chi connectivity index (χ0) is 23.5. The normalized spacial score (nSPS) is 13.1. The number of carbonyl (C=O) groups is 2. The lowest BCUT2D eigenvalue weighted by Gasteiger charge is -2.13. The van der Waals surface area contributed by atoms with Gasteiger partial charge in [-0.1, -0.05) is 6.07 Å². The van der Waals surface area contributed by atoms with E-state index in [4.69, 9.17) is 9.15 Å². The first kappa shape index (κ1) is 21.5. The van der Waals surface area contributed by atoms with Gasteiger partial charge in [-0.2, -0.15) is 0 Å². The lowest BCUT2D eigenvalue weighted by Crippen LogP contribution is -2.27. The topological polar surface area (TPSA) is 100 Å². The summed E-state index contributed by atoms with van der Waals surface area (Å²) in [4.78, 5) is 34.5. The Kier molecular flexibility index (Phi) is 5.86. The van der Waals surface area contributed by atoms with Gasteiger partial charge in [0, 0.05) is 48.9 Å². The zero-order valence-corrected chi connectivity index (χ0v) is 18.7. The van der Waals surface area contributed by atoms with E-state index in [-0.39, 0.29) is 17.6 Å². The molecule has 8 nitrogen and oxygen atoms in total. The number of aryl methyl sites for hydroxylation is 1. The summed E-state index contributed by atoms with van der Waals surface area (Å²) in [5, 5.41) is 2.82. The quantitative estimate of drug-likeness (QED) is 0.412. The van der Waals surface area contributed by atoms with Crippen molar-refractivity contribution in [1.29, 1.82) is 0 Å². The molecule has 3 aromatic heterocycles. The van der Waals surface area contributed by atoms with E-state index >= 15 is 0 Å². The van der Waals surface area contributed by atoms with Crippen LogP contribution >= 0.6 is 0 Å². The van der Waals surface area contributed by atoms with Crippen molar-refractivity contribution in [3.05, 3.63) is 84.1 Å². The number of rotatable bonds is 6. The number of hydrogen-bond donors (Lipinski definition) is 2. The van der Waals surface area contributed by atoms with E-state index in [2.05, 4.69) is 15.3 Å². The molecule has 1 aromatic carbocycles. The molecule has 0 atom stereocenters. The van der Waals surface area contributed by atoms with E-state index in [1.54, 1.807) is 54.9 Å². The Morgan fingerprint density at radius 3 is 2.71 bits per heavy atom. The van der Waals surface area contributed by atoms with Crippen LogP contribution < -0.4 is 10.1 Å². The monoisotopic (exact) mass is 456 g/mol. The lowest BCUT2D eigenvalue weighted by molar-refractivity contribution is 0.0792. The Morgan fingerprint density at radius 1 is 1.09 bits per heavy atom. The van der Waals surface area contributed by atoms with Crippen LogP contribution in [0.2, 0.25) is 0 Å². The highest BCUT2D eigenvalue weighted by Gasteiger charge is 2.21. The van der Waals surface area contributed by atoms with Gasteiger partial charge in [-0.05, 0) is 50.1 Å². The summed E-state index contributed by atoms with van der Waals surface area (Å²) < 4.78 is 11.3. The van der Waals surface area contributed by atoms with Gasteiger partial charge in [-0.15, -0.1) is 0 Å². The molecular weight excluding hydrogens is 432 g/mol. The molecule has 1 aliphatic rings. The summed E-state index contributed by atoms with van der Waals surface area (Å²) in [5.41, 5.74) is 3.38. The van der Waals surface area contributed by atoms with Crippen LogP contribution in [0.3, 0.4) is 0 Å². The van der Waals surface area contributed by atoms with Crippen molar-refractivity contribution < 1.29 is 18.7 Å². The number of anilines is 1. The SMILES string of the molecule is Cc1ccoc1C(=O)Nc1cccc(Oc2ccnc(-c3cc(C(=O)N4CCCC4)c[nH]3)c2)c1. The maximum Gasteiger partial charge on any atom is 0.291 e. The van der Waals surface area contributed by atoms with Crippen molar-refractivity contribution in [2.75, 3.05) is 18.4 Å². The summed E-state index contributed by atoms with van der Waals surface area (Å²) in [6.45, 7) is 3.43. The van der Waals surface area contributed by atoms with E-state index in [1.807, 2.05) is 17.9 Å². The Hall–Kier alpha value is -4.33. The Morgan fingerprint density at radius 2 is 1.91 bits per heavy atom. The molecule has 2 amide bonds. The largest absolute Gasteiger partial charge is 0.459 e. The molecule has 1 aliphatic heterocycles. The maximum absolute atomic E-state index is 12.6. The van der Waals surface area contributed by atoms with Crippen LogP contribution in [-0.2, 0) is 0 Å². The number of amides is 2. The first-order valence-electron chi connectivity index (χ1n) is 11.1. The van der Waals surface area contributed by atoms with Crippen molar-refractivity contribution in [2.24, 2.45) is 0 Å². The average molecular weight is 457 g/mol. The first-order valence-corrected chi connectivity index (χ1v) is 11.1. The third-order valence-electron chi connectivity index (χ3n) is 5.73. The highest BCUT2D eigenvalue weighted by molar-refractivity contribution is 6.03. The third-order valence-corrected chi connectivity index (χ3v) is 5.73. The number of H-pyrrole nitrogens is 1. The van der Waals surface area contributed by atoms with Gasteiger partial charge in [0.1, 0.15) is 11.5 Å². The number of aromatic nitrogens is 2.